The number of carbonyl (C=O) groups excluding carboxylic acids is 2. The maximum atomic E-state index is 11.3. The van der Waals surface area contributed by atoms with Crippen LogP contribution in [0.2, 0.25) is 0 Å². The Kier molecular flexibility index (Phi) is 4.41. The van der Waals surface area contributed by atoms with Crippen molar-refractivity contribution < 1.29 is 9.59 Å². The molecule has 0 aromatic carbocycles. The fourth-order valence-electron chi connectivity index (χ4n) is 1.05. The van der Waals surface area contributed by atoms with Crippen LogP contribution in [0.1, 0.15) is 5.69 Å². The molecule has 0 saturated carbocycles. The molecule has 0 spiro atoms. The topological polar surface area (TPSA) is 97.1 Å². The van der Waals surface area contributed by atoms with E-state index in [0.29, 0.717) is 12.4 Å². The molecule has 6 heteroatoms. The summed E-state index contributed by atoms with van der Waals surface area (Å²) >= 11 is 0. The number of hydrogen-bond acceptors (Lipinski definition) is 4. The first-order valence-electron chi connectivity index (χ1n) is 4.86. The van der Waals surface area contributed by atoms with Gasteiger partial charge in [-0.05, 0) is 19.1 Å². The quantitative estimate of drug-likeness (QED) is 0.595. The average Bonchev–Trinajstić information content (AvgIpc) is 2.25. The maximum absolute atomic E-state index is 11.3. The van der Waals surface area contributed by atoms with Crippen molar-refractivity contribution in [3.05, 3.63) is 23.9 Å². The van der Waals surface area contributed by atoms with E-state index in [-0.39, 0.29) is 6.54 Å². The molecular formula is C10H14N4O2. The molecule has 0 unspecified atom stereocenters. The highest BCUT2D eigenvalue weighted by atomic mass is 16.2. The zero-order chi connectivity index (χ0) is 12.0. The minimum Gasteiger partial charge on any atom is -0.347 e. The largest absolute Gasteiger partial charge is 0.347 e. The molecule has 1 aromatic heterocycles. The van der Waals surface area contributed by atoms with E-state index in [1.165, 1.54) is 0 Å². The zero-order valence-corrected chi connectivity index (χ0v) is 8.99. The minimum atomic E-state index is -0.744. The van der Waals surface area contributed by atoms with Crippen LogP contribution < -0.4 is 16.4 Å². The third-order valence-corrected chi connectivity index (χ3v) is 1.77. The molecule has 0 atom stereocenters. The number of pyridine rings is 1. The van der Waals surface area contributed by atoms with Gasteiger partial charge >= 0.3 is 11.8 Å². The summed E-state index contributed by atoms with van der Waals surface area (Å²) in [6, 6.07) is 5.15. The number of nitrogens with two attached hydrogens (primary N) is 1. The molecule has 0 saturated heterocycles. The highest BCUT2D eigenvalue weighted by Crippen LogP contribution is 2.03. The number of aromatic nitrogens is 1. The van der Waals surface area contributed by atoms with Crippen molar-refractivity contribution in [2.45, 2.75) is 6.92 Å². The number of nitrogens with one attached hydrogen (secondary N) is 2. The number of amides is 2. The van der Waals surface area contributed by atoms with Crippen LogP contribution in [0, 0.1) is 6.92 Å². The standard InChI is InChI=1S/C10H14N4O2/c1-7-3-2-4-8(13-7)14-10(16)9(15)12-6-5-11/h2-4H,5-6,11H2,1H3,(H,12,15)(H,13,14,16). The van der Waals surface area contributed by atoms with Crippen molar-refractivity contribution in [2.24, 2.45) is 5.73 Å². The Hall–Kier alpha value is -1.95. The van der Waals surface area contributed by atoms with Crippen molar-refractivity contribution in [2.75, 3.05) is 18.4 Å². The highest BCUT2D eigenvalue weighted by Gasteiger charge is 2.12. The summed E-state index contributed by atoms with van der Waals surface area (Å²) in [6.07, 6.45) is 0. The Bertz CT molecular complexity index is 392. The van der Waals surface area contributed by atoms with Gasteiger partial charge in [0.25, 0.3) is 0 Å². The van der Waals surface area contributed by atoms with Crippen LogP contribution in [-0.2, 0) is 9.59 Å². The second-order valence-corrected chi connectivity index (χ2v) is 3.16. The molecule has 6 nitrogen and oxygen atoms in total. The number of carbonyl (C=O) groups is 2. The summed E-state index contributed by atoms with van der Waals surface area (Å²) < 4.78 is 0. The van der Waals surface area contributed by atoms with Crippen molar-refractivity contribution in [1.29, 1.82) is 0 Å². The summed E-state index contributed by atoms with van der Waals surface area (Å²) in [5.41, 5.74) is 5.95. The van der Waals surface area contributed by atoms with Crippen LogP contribution in [-0.4, -0.2) is 29.9 Å². The molecule has 4 N–H and O–H groups in total. The van der Waals surface area contributed by atoms with Crippen molar-refractivity contribution in [1.82, 2.24) is 10.3 Å². The van der Waals surface area contributed by atoms with Gasteiger partial charge in [-0.25, -0.2) is 4.98 Å². The number of nitrogens with zero attached hydrogens (tertiary/aromatic N) is 1. The monoisotopic (exact) mass is 222 g/mol. The summed E-state index contributed by atoms with van der Waals surface area (Å²) in [4.78, 5) is 26.5. The lowest BCUT2D eigenvalue weighted by molar-refractivity contribution is -0.136. The smallest absolute Gasteiger partial charge is 0.314 e. The Morgan fingerprint density at radius 2 is 2.12 bits per heavy atom. The van der Waals surface area contributed by atoms with Gasteiger partial charge in [-0.2, -0.15) is 0 Å². The average molecular weight is 222 g/mol. The maximum Gasteiger partial charge on any atom is 0.314 e. The Balaban J connectivity index is 2.54. The molecule has 0 aliphatic heterocycles. The number of aryl methyl sites for hydroxylation is 1. The normalized spacial score (nSPS) is 9.62. The van der Waals surface area contributed by atoms with Gasteiger partial charge in [-0.3, -0.25) is 9.59 Å². The SMILES string of the molecule is Cc1cccc(NC(=O)C(=O)NCCN)n1. The summed E-state index contributed by atoms with van der Waals surface area (Å²) in [6.45, 7) is 2.36. The van der Waals surface area contributed by atoms with Gasteiger partial charge < -0.3 is 16.4 Å². The molecule has 0 aliphatic carbocycles. The first kappa shape index (κ1) is 12.1. The Morgan fingerprint density at radius 3 is 2.75 bits per heavy atom. The first-order valence-corrected chi connectivity index (χ1v) is 4.86. The van der Waals surface area contributed by atoms with Crippen LogP contribution in [0.3, 0.4) is 0 Å². The second kappa shape index (κ2) is 5.82. The lowest BCUT2D eigenvalue weighted by atomic mass is 10.3. The van der Waals surface area contributed by atoms with E-state index in [1.807, 2.05) is 0 Å². The number of hydrogen-bond donors (Lipinski definition) is 3. The van der Waals surface area contributed by atoms with Crippen LogP contribution in [0.25, 0.3) is 0 Å². The minimum absolute atomic E-state index is 0.271. The fourth-order valence-corrected chi connectivity index (χ4v) is 1.05. The molecule has 1 aromatic rings. The first-order chi connectivity index (χ1) is 7.63. The molecule has 1 heterocycles. The molecule has 1 rings (SSSR count). The molecule has 16 heavy (non-hydrogen) atoms. The van der Waals surface area contributed by atoms with Gasteiger partial charge in [0.05, 0.1) is 0 Å². The van der Waals surface area contributed by atoms with E-state index in [1.54, 1.807) is 25.1 Å². The van der Waals surface area contributed by atoms with E-state index in [9.17, 15) is 9.59 Å². The van der Waals surface area contributed by atoms with Gasteiger partial charge in [0.1, 0.15) is 5.82 Å². The van der Waals surface area contributed by atoms with Crippen LogP contribution in [0.15, 0.2) is 18.2 Å². The van der Waals surface area contributed by atoms with Gasteiger partial charge in [0.15, 0.2) is 0 Å². The van der Waals surface area contributed by atoms with E-state index in [2.05, 4.69) is 15.6 Å². The van der Waals surface area contributed by atoms with E-state index in [0.717, 1.165) is 5.69 Å². The van der Waals surface area contributed by atoms with Gasteiger partial charge in [0.2, 0.25) is 0 Å². The van der Waals surface area contributed by atoms with Crippen LogP contribution in [0.5, 0.6) is 0 Å². The van der Waals surface area contributed by atoms with Crippen LogP contribution >= 0.6 is 0 Å². The summed E-state index contributed by atoms with van der Waals surface area (Å²) in [7, 11) is 0. The fraction of sp³-hybridized carbons (Fsp3) is 0.300. The van der Waals surface area contributed by atoms with Crippen LogP contribution in [0.4, 0.5) is 5.82 Å². The molecular weight excluding hydrogens is 208 g/mol. The highest BCUT2D eigenvalue weighted by molar-refractivity contribution is 6.39. The van der Waals surface area contributed by atoms with Gasteiger partial charge in [-0.1, -0.05) is 6.07 Å². The van der Waals surface area contributed by atoms with E-state index in [4.69, 9.17) is 5.73 Å². The molecule has 0 aliphatic rings. The molecule has 2 amide bonds. The zero-order valence-electron chi connectivity index (χ0n) is 8.99. The second-order valence-electron chi connectivity index (χ2n) is 3.16. The predicted octanol–water partition coefficient (Wildman–Crippen LogP) is -0.597. The third kappa shape index (κ3) is 3.66. The third-order valence-electron chi connectivity index (χ3n) is 1.77. The summed E-state index contributed by atoms with van der Waals surface area (Å²) in [5.74, 6) is -1.10. The molecule has 0 bridgehead atoms. The van der Waals surface area contributed by atoms with Crippen molar-refractivity contribution in [3.63, 3.8) is 0 Å². The predicted molar refractivity (Wildman–Crippen MR) is 59.7 cm³/mol. The Labute approximate surface area is 93.2 Å². The van der Waals surface area contributed by atoms with Crippen molar-refractivity contribution >= 4 is 17.6 Å². The molecule has 0 radical (unpaired) electrons. The number of anilines is 1. The van der Waals surface area contributed by atoms with Gasteiger partial charge in [-0.15, -0.1) is 0 Å². The summed E-state index contributed by atoms with van der Waals surface area (Å²) in [5, 5.41) is 4.75. The Morgan fingerprint density at radius 1 is 1.38 bits per heavy atom. The van der Waals surface area contributed by atoms with E-state index < -0.39 is 11.8 Å². The van der Waals surface area contributed by atoms with Gasteiger partial charge in [0, 0.05) is 18.8 Å². The lowest BCUT2D eigenvalue weighted by Gasteiger charge is -2.05. The van der Waals surface area contributed by atoms with Crippen molar-refractivity contribution in [3.8, 4) is 0 Å². The molecule has 86 valence electrons. The number of rotatable bonds is 3. The lowest BCUT2D eigenvalue weighted by Crippen LogP contribution is -2.38. The van der Waals surface area contributed by atoms with E-state index >= 15 is 0 Å². The molecule has 0 fully saturated rings.